The molecule has 10 heteroatoms. The van der Waals surface area contributed by atoms with Crippen molar-refractivity contribution in [2.75, 3.05) is 5.32 Å². The Bertz CT molecular complexity index is 1520. The minimum absolute atomic E-state index is 0.110. The highest BCUT2D eigenvalue weighted by Gasteiger charge is 2.19. The molecule has 0 fully saturated rings. The van der Waals surface area contributed by atoms with Crippen LogP contribution in [-0.2, 0) is 0 Å². The van der Waals surface area contributed by atoms with Gasteiger partial charge in [-0.15, -0.1) is 0 Å². The molecule has 0 unspecified atom stereocenters. The van der Waals surface area contributed by atoms with Gasteiger partial charge in [0, 0.05) is 34.1 Å². The van der Waals surface area contributed by atoms with Crippen molar-refractivity contribution in [3.63, 3.8) is 0 Å². The number of hydrogen-bond donors (Lipinski definition) is 3. The summed E-state index contributed by atoms with van der Waals surface area (Å²) in [5, 5.41) is 3.12. The Morgan fingerprint density at radius 2 is 1.82 bits per heavy atom. The lowest BCUT2D eigenvalue weighted by Gasteiger charge is -2.14. The number of primary amides is 1. The van der Waals surface area contributed by atoms with Crippen LogP contribution >= 0.6 is 0 Å². The molecule has 0 radical (unpaired) electrons. The van der Waals surface area contributed by atoms with Gasteiger partial charge >= 0.3 is 0 Å². The van der Waals surface area contributed by atoms with Crippen LogP contribution in [0, 0.1) is 11.6 Å². The van der Waals surface area contributed by atoms with E-state index in [-0.39, 0.29) is 16.7 Å². The van der Waals surface area contributed by atoms with E-state index < -0.39 is 17.5 Å². The Morgan fingerprint density at radius 1 is 0.939 bits per heavy atom. The van der Waals surface area contributed by atoms with E-state index in [1.54, 1.807) is 18.3 Å². The molecule has 0 aliphatic rings. The monoisotopic (exact) mass is 443 g/mol. The normalized spacial score (nSPS) is 11.0. The highest BCUT2D eigenvalue weighted by Crippen LogP contribution is 2.34. The number of imidazole rings is 1. The molecule has 0 saturated carbocycles. The lowest BCUT2D eigenvalue weighted by molar-refractivity contribution is 0.100. The van der Waals surface area contributed by atoms with Crippen LogP contribution in [0.25, 0.3) is 33.5 Å². The average Bonchev–Trinajstić information content (AvgIpc) is 3.30. The number of amides is 1. The predicted octanol–water partition coefficient (Wildman–Crippen LogP) is 4.20. The predicted molar refractivity (Wildman–Crippen MR) is 119 cm³/mol. The van der Waals surface area contributed by atoms with E-state index in [1.165, 1.54) is 43.0 Å². The lowest BCUT2D eigenvalue weighted by Crippen LogP contribution is -2.13. The molecule has 5 aromatic rings. The molecule has 0 aliphatic heterocycles. The van der Waals surface area contributed by atoms with E-state index in [0.717, 1.165) is 6.07 Å². The number of hydrogen-bond acceptors (Lipinski definition) is 6. The van der Waals surface area contributed by atoms with E-state index >= 15 is 0 Å². The quantitative estimate of drug-likeness (QED) is 0.374. The smallest absolute Gasteiger partial charge is 0.249 e. The van der Waals surface area contributed by atoms with Gasteiger partial charge in [-0.05, 0) is 42.5 Å². The van der Waals surface area contributed by atoms with Gasteiger partial charge in [-0.3, -0.25) is 4.79 Å². The van der Waals surface area contributed by atoms with Crippen molar-refractivity contribution in [3.8, 4) is 22.4 Å². The van der Waals surface area contributed by atoms with Crippen molar-refractivity contribution in [2.24, 2.45) is 5.73 Å². The number of carbonyl (C=O) groups excluding carboxylic acids is 1. The molecule has 0 atom stereocenters. The topological polar surface area (TPSA) is 122 Å². The summed E-state index contributed by atoms with van der Waals surface area (Å²) >= 11 is 0. The number of nitrogens with zero attached hydrogens (tertiary/aromatic N) is 4. The molecule has 0 aliphatic carbocycles. The third-order valence-electron chi connectivity index (χ3n) is 5.06. The number of fused-ring (bicyclic) bond motifs is 1. The first-order valence-electron chi connectivity index (χ1n) is 9.77. The number of anilines is 2. The first kappa shape index (κ1) is 20.2. The molecule has 8 nitrogen and oxygen atoms in total. The molecule has 162 valence electrons. The molecule has 3 aromatic heterocycles. The lowest BCUT2D eigenvalue weighted by atomic mass is 9.97. The summed E-state index contributed by atoms with van der Waals surface area (Å²) in [5.41, 5.74) is 7.66. The van der Waals surface area contributed by atoms with Crippen LogP contribution in [0.3, 0.4) is 0 Å². The summed E-state index contributed by atoms with van der Waals surface area (Å²) in [7, 11) is 0. The molecule has 33 heavy (non-hydrogen) atoms. The summed E-state index contributed by atoms with van der Waals surface area (Å²) in [6, 6.07) is 11.4. The summed E-state index contributed by atoms with van der Waals surface area (Å²) in [4.78, 5) is 31.9. The van der Waals surface area contributed by atoms with Crippen LogP contribution in [-0.4, -0.2) is 30.8 Å². The zero-order valence-electron chi connectivity index (χ0n) is 16.9. The maximum Gasteiger partial charge on any atom is 0.249 e. The van der Waals surface area contributed by atoms with Crippen molar-refractivity contribution in [1.29, 1.82) is 0 Å². The third-order valence-corrected chi connectivity index (χ3v) is 5.06. The van der Waals surface area contributed by atoms with Crippen molar-refractivity contribution in [3.05, 3.63) is 84.6 Å². The molecule has 0 bridgehead atoms. The third kappa shape index (κ3) is 3.63. The standard InChI is InChI=1S/C23H15F2N7O/c24-16-7-6-12(9-15(16)18-13(21(26)33)3-1-5-17(18)25)32-22-14(4-2-8-27-22)19-20-23(30-10-28-19)31-11-29-20/h1-11H,(H2,26,33)(H,27,32)(H,28,29,30,31). The van der Waals surface area contributed by atoms with Crippen LogP contribution in [0.5, 0.6) is 0 Å². The number of aromatic amines is 1. The fourth-order valence-corrected chi connectivity index (χ4v) is 3.59. The molecule has 3 heterocycles. The molecular formula is C23H15F2N7O. The van der Waals surface area contributed by atoms with Gasteiger partial charge in [0.2, 0.25) is 5.91 Å². The second-order valence-electron chi connectivity index (χ2n) is 7.07. The summed E-state index contributed by atoms with van der Waals surface area (Å²) < 4.78 is 29.3. The Balaban J connectivity index is 1.60. The zero-order chi connectivity index (χ0) is 22.9. The molecule has 0 saturated heterocycles. The van der Waals surface area contributed by atoms with Crippen LogP contribution in [0.2, 0.25) is 0 Å². The van der Waals surface area contributed by atoms with Crippen LogP contribution in [0.1, 0.15) is 10.4 Å². The zero-order valence-corrected chi connectivity index (χ0v) is 16.9. The highest BCUT2D eigenvalue weighted by molar-refractivity contribution is 6.00. The van der Waals surface area contributed by atoms with Crippen LogP contribution in [0.15, 0.2) is 67.4 Å². The number of halogens is 2. The van der Waals surface area contributed by atoms with Crippen molar-refractivity contribution < 1.29 is 13.6 Å². The van der Waals surface area contributed by atoms with Crippen molar-refractivity contribution in [2.45, 2.75) is 0 Å². The van der Waals surface area contributed by atoms with Crippen molar-refractivity contribution >= 4 is 28.6 Å². The number of pyridine rings is 1. The number of aromatic nitrogens is 5. The summed E-state index contributed by atoms with van der Waals surface area (Å²) in [5.74, 6) is -1.91. The number of benzene rings is 2. The number of nitrogens with two attached hydrogens (primary N) is 1. The molecule has 5 rings (SSSR count). The van der Waals surface area contributed by atoms with Gasteiger partial charge in [0.25, 0.3) is 0 Å². The number of H-pyrrole nitrogens is 1. The number of nitrogens with one attached hydrogen (secondary N) is 2. The Kier molecular flexibility index (Phi) is 4.94. The molecular weight excluding hydrogens is 428 g/mol. The molecule has 4 N–H and O–H groups in total. The van der Waals surface area contributed by atoms with Crippen LogP contribution in [0.4, 0.5) is 20.3 Å². The van der Waals surface area contributed by atoms with Crippen LogP contribution < -0.4 is 11.1 Å². The van der Waals surface area contributed by atoms with E-state index in [0.29, 0.717) is 33.9 Å². The second kappa shape index (κ2) is 8.08. The van der Waals surface area contributed by atoms with Crippen molar-refractivity contribution in [1.82, 2.24) is 24.9 Å². The van der Waals surface area contributed by atoms with Gasteiger partial charge < -0.3 is 16.0 Å². The number of rotatable bonds is 5. The first-order valence-corrected chi connectivity index (χ1v) is 9.77. The van der Waals surface area contributed by atoms with Gasteiger partial charge in [-0.2, -0.15) is 0 Å². The Morgan fingerprint density at radius 3 is 2.67 bits per heavy atom. The second-order valence-corrected chi connectivity index (χ2v) is 7.07. The van der Waals surface area contributed by atoms with E-state index in [9.17, 15) is 13.6 Å². The average molecular weight is 443 g/mol. The first-order chi connectivity index (χ1) is 16.0. The Labute approximate surface area is 185 Å². The minimum atomic E-state index is -0.860. The van der Waals surface area contributed by atoms with E-state index in [4.69, 9.17) is 5.73 Å². The number of carbonyl (C=O) groups is 1. The SMILES string of the molecule is NC(=O)c1cccc(F)c1-c1cc(Nc2ncccc2-c2ncnc3[nH]cnc23)ccc1F. The van der Waals surface area contributed by atoms with Gasteiger partial charge in [0.05, 0.1) is 6.33 Å². The van der Waals surface area contributed by atoms with E-state index in [2.05, 4.69) is 30.2 Å². The molecule has 0 spiro atoms. The molecule has 1 amide bonds. The van der Waals surface area contributed by atoms with E-state index in [1.807, 2.05) is 0 Å². The highest BCUT2D eigenvalue weighted by atomic mass is 19.1. The fraction of sp³-hybridized carbons (Fsp3) is 0. The summed E-state index contributed by atoms with van der Waals surface area (Å²) in [6.07, 6.45) is 4.51. The maximum atomic E-state index is 14.7. The molecule has 2 aromatic carbocycles. The largest absolute Gasteiger partial charge is 0.366 e. The maximum absolute atomic E-state index is 14.7. The Hall–Kier alpha value is -4.73. The van der Waals surface area contributed by atoms with Gasteiger partial charge in [-0.1, -0.05) is 6.07 Å². The minimum Gasteiger partial charge on any atom is -0.366 e. The summed E-state index contributed by atoms with van der Waals surface area (Å²) in [6.45, 7) is 0. The van der Waals surface area contributed by atoms with Gasteiger partial charge in [0.15, 0.2) is 5.65 Å². The fourth-order valence-electron chi connectivity index (χ4n) is 3.59. The van der Waals surface area contributed by atoms with Gasteiger partial charge in [-0.25, -0.2) is 28.7 Å². The van der Waals surface area contributed by atoms with Gasteiger partial charge in [0.1, 0.15) is 35.0 Å².